The highest BCUT2D eigenvalue weighted by atomic mass is 32.2. The van der Waals surface area contributed by atoms with Gasteiger partial charge in [-0.25, -0.2) is 4.79 Å². The van der Waals surface area contributed by atoms with E-state index in [1.807, 2.05) is 12.5 Å². The second-order valence-corrected chi connectivity index (χ2v) is 10.3. The van der Waals surface area contributed by atoms with Crippen LogP contribution in [0.3, 0.4) is 0 Å². The van der Waals surface area contributed by atoms with Crippen molar-refractivity contribution >= 4 is 53.2 Å². The molecule has 10 N–H and O–H groups in total. The van der Waals surface area contributed by atoms with E-state index in [4.69, 9.17) is 17.2 Å². The Bertz CT molecular complexity index is 720. The Kier molecular flexibility index (Phi) is 17.0. The Morgan fingerprint density at radius 3 is 1.94 bits per heavy atom. The van der Waals surface area contributed by atoms with Crippen molar-refractivity contribution in [1.82, 2.24) is 16.0 Å². The molecule has 35 heavy (non-hydrogen) atoms. The number of carboxylic acid groups (broad SMARTS) is 1. The Morgan fingerprint density at radius 1 is 0.857 bits per heavy atom. The van der Waals surface area contributed by atoms with E-state index in [0.717, 1.165) is 0 Å². The lowest BCUT2D eigenvalue weighted by atomic mass is 10.0. The zero-order valence-electron chi connectivity index (χ0n) is 20.9. The van der Waals surface area contributed by atoms with Gasteiger partial charge in [0.25, 0.3) is 0 Å². The summed E-state index contributed by atoms with van der Waals surface area (Å²) >= 11 is 3.02. The van der Waals surface area contributed by atoms with Gasteiger partial charge in [0.15, 0.2) is 5.96 Å². The van der Waals surface area contributed by atoms with Crippen molar-refractivity contribution in [3.63, 3.8) is 0 Å². The third-order valence-electron chi connectivity index (χ3n) is 5.02. The third-order valence-corrected chi connectivity index (χ3v) is 6.31. The van der Waals surface area contributed by atoms with Crippen molar-refractivity contribution < 1.29 is 24.3 Å². The van der Waals surface area contributed by atoms with E-state index in [-0.39, 0.29) is 31.3 Å². The van der Waals surface area contributed by atoms with Crippen molar-refractivity contribution in [2.45, 2.75) is 63.7 Å². The fourth-order valence-electron chi connectivity index (χ4n) is 2.97. The van der Waals surface area contributed by atoms with Gasteiger partial charge in [0.2, 0.25) is 17.7 Å². The molecule has 0 spiro atoms. The minimum Gasteiger partial charge on any atom is -0.480 e. The molecule has 0 aliphatic heterocycles. The molecule has 0 aromatic heterocycles. The number of nitrogens with zero attached hydrogens (tertiary/aromatic N) is 1. The summed E-state index contributed by atoms with van der Waals surface area (Å²) in [5, 5.41) is 17.3. The molecule has 0 aliphatic carbocycles. The first-order valence-electron chi connectivity index (χ1n) is 11.4. The molecule has 14 heteroatoms. The van der Waals surface area contributed by atoms with E-state index in [1.165, 1.54) is 11.8 Å². The summed E-state index contributed by atoms with van der Waals surface area (Å²) in [7, 11) is 0. The van der Waals surface area contributed by atoms with Gasteiger partial charge in [-0.1, -0.05) is 13.8 Å². The molecule has 4 atom stereocenters. The summed E-state index contributed by atoms with van der Waals surface area (Å²) < 4.78 is 0. The summed E-state index contributed by atoms with van der Waals surface area (Å²) in [4.78, 5) is 53.9. The standard InChI is InChI=1S/C21H41N7O5S2/c1-12(2)16(28-17(29)13(22)7-10-34-3)19(31)26-14(6-5-9-25-21(23)24)18(30)27-15(20(32)33)8-11-35-4/h12-16H,5-11,22H2,1-4H3,(H,26,31)(H,27,30)(H,28,29)(H,32,33)(H4,23,24,25). The van der Waals surface area contributed by atoms with Crippen molar-refractivity contribution in [2.75, 3.05) is 30.6 Å². The van der Waals surface area contributed by atoms with Crippen LogP contribution in [0.5, 0.6) is 0 Å². The van der Waals surface area contributed by atoms with Gasteiger partial charge < -0.3 is 38.3 Å². The molecule has 0 saturated heterocycles. The highest BCUT2D eigenvalue weighted by molar-refractivity contribution is 7.98. The highest BCUT2D eigenvalue weighted by Gasteiger charge is 2.31. The number of guanidine groups is 1. The number of carbonyl (C=O) groups is 4. The second-order valence-electron chi connectivity index (χ2n) is 8.31. The van der Waals surface area contributed by atoms with E-state index in [9.17, 15) is 24.3 Å². The quantitative estimate of drug-likeness (QED) is 0.0650. The molecule has 0 saturated carbocycles. The number of hydrogen-bond donors (Lipinski definition) is 7. The monoisotopic (exact) mass is 535 g/mol. The lowest BCUT2D eigenvalue weighted by molar-refractivity contribution is -0.142. The van der Waals surface area contributed by atoms with E-state index < -0.39 is 47.9 Å². The molecule has 0 aliphatic rings. The number of rotatable bonds is 18. The number of aliphatic imine (C=N–C) groups is 1. The molecular weight excluding hydrogens is 494 g/mol. The molecule has 0 rings (SSSR count). The molecule has 0 aromatic carbocycles. The van der Waals surface area contributed by atoms with Crippen molar-refractivity contribution in [3.8, 4) is 0 Å². The number of thioether (sulfide) groups is 2. The minimum absolute atomic E-state index is 0.0987. The van der Waals surface area contributed by atoms with Crippen LogP contribution in [0.2, 0.25) is 0 Å². The molecule has 0 heterocycles. The maximum Gasteiger partial charge on any atom is 0.326 e. The van der Waals surface area contributed by atoms with Crippen molar-refractivity contribution in [3.05, 3.63) is 0 Å². The molecule has 3 amide bonds. The average molecular weight is 536 g/mol. The predicted molar refractivity (Wildman–Crippen MR) is 142 cm³/mol. The van der Waals surface area contributed by atoms with Gasteiger partial charge in [-0.3, -0.25) is 19.4 Å². The van der Waals surface area contributed by atoms with E-state index in [2.05, 4.69) is 20.9 Å². The van der Waals surface area contributed by atoms with Crippen LogP contribution in [0.15, 0.2) is 4.99 Å². The van der Waals surface area contributed by atoms with E-state index >= 15 is 0 Å². The molecule has 202 valence electrons. The number of nitrogens with two attached hydrogens (primary N) is 3. The second kappa shape index (κ2) is 18.1. The normalized spacial score (nSPS) is 14.3. The van der Waals surface area contributed by atoms with Gasteiger partial charge in [0.05, 0.1) is 6.04 Å². The molecule has 0 aromatic rings. The highest BCUT2D eigenvalue weighted by Crippen LogP contribution is 2.08. The molecule has 12 nitrogen and oxygen atoms in total. The number of aliphatic carboxylic acids is 1. The number of carboxylic acids is 1. The van der Waals surface area contributed by atoms with Crippen LogP contribution in [0.4, 0.5) is 0 Å². The topological polar surface area (TPSA) is 215 Å². The van der Waals surface area contributed by atoms with E-state index in [0.29, 0.717) is 24.3 Å². The molecular formula is C21H41N7O5S2. The SMILES string of the molecule is CSCCC(N)C(=O)NC(C(=O)NC(CCCN=C(N)N)C(=O)NC(CCSC)C(=O)O)C(C)C. The fraction of sp³-hybridized carbons (Fsp3) is 0.762. The van der Waals surface area contributed by atoms with Crippen LogP contribution in [0.25, 0.3) is 0 Å². The summed E-state index contributed by atoms with van der Waals surface area (Å²) in [5.74, 6) is -1.97. The zero-order chi connectivity index (χ0) is 27.0. The fourth-order valence-corrected chi connectivity index (χ4v) is 3.93. The van der Waals surface area contributed by atoms with Crippen LogP contribution >= 0.6 is 23.5 Å². The molecule has 0 fully saturated rings. The van der Waals surface area contributed by atoms with Crippen LogP contribution in [-0.4, -0.2) is 89.5 Å². The number of amides is 3. The van der Waals surface area contributed by atoms with Gasteiger partial charge in [-0.2, -0.15) is 23.5 Å². The van der Waals surface area contributed by atoms with Gasteiger partial charge in [-0.05, 0) is 55.6 Å². The number of nitrogens with one attached hydrogen (secondary N) is 3. The third kappa shape index (κ3) is 14.1. The van der Waals surface area contributed by atoms with Gasteiger partial charge >= 0.3 is 5.97 Å². The van der Waals surface area contributed by atoms with Gasteiger partial charge in [0, 0.05) is 6.54 Å². The first-order chi connectivity index (χ1) is 16.4. The maximum absolute atomic E-state index is 13.1. The van der Waals surface area contributed by atoms with Crippen molar-refractivity contribution in [1.29, 1.82) is 0 Å². The Labute approximate surface area is 215 Å². The van der Waals surface area contributed by atoms with Crippen molar-refractivity contribution in [2.24, 2.45) is 28.1 Å². The van der Waals surface area contributed by atoms with Crippen LogP contribution in [0.1, 0.15) is 39.5 Å². The summed E-state index contributed by atoms with van der Waals surface area (Å²) in [5.41, 5.74) is 16.6. The lowest BCUT2D eigenvalue weighted by Gasteiger charge is -2.27. The van der Waals surface area contributed by atoms with E-state index in [1.54, 1.807) is 25.6 Å². The van der Waals surface area contributed by atoms with Gasteiger partial charge in [0.1, 0.15) is 18.1 Å². The summed E-state index contributed by atoms with van der Waals surface area (Å²) in [6, 6.07) is -3.83. The number of hydrogen-bond acceptors (Lipinski definition) is 8. The predicted octanol–water partition coefficient (Wildman–Crippen LogP) is -0.931. The summed E-state index contributed by atoms with van der Waals surface area (Å²) in [6.45, 7) is 3.74. The summed E-state index contributed by atoms with van der Waals surface area (Å²) in [6.07, 6.45) is 4.95. The Balaban J connectivity index is 5.48. The lowest BCUT2D eigenvalue weighted by Crippen LogP contribution is -2.58. The van der Waals surface area contributed by atoms with Crippen LogP contribution < -0.4 is 33.2 Å². The van der Waals surface area contributed by atoms with Gasteiger partial charge in [-0.15, -0.1) is 0 Å². The Hall–Kier alpha value is -2.19. The van der Waals surface area contributed by atoms with Crippen LogP contribution in [0, 0.1) is 5.92 Å². The van der Waals surface area contributed by atoms with Crippen LogP contribution in [-0.2, 0) is 19.2 Å². The average Bonchev–Trinajstić information content (AvgIpc) is 2.79. The molecule has 4 unspecified atom stereocenters. The minimum atomic E-state index is -1.16. The molecule has 0 radical (unpaired) electrons. The first-order valence-corrected chi connectivity index (χ1v) is 14.2. The molecule has 0 bridgehead atoms. The first kappa shape index (κ1) is 32.8. The maximum atomic E-state index is 13.1. The Morgan fingerprint density at radius 2 is 1.43 bits per heavy atom. The number of carbonyl (C=O) groups excluding carboxylic acids is 3. The zero-order valence-corrected chi connectivity index (χ0v) is 22.5. The largest absolute Gasteiger partial charge is 0.480 e. The smallest absolute Gasteiger partial charge is 0.326 e.